The zero-order valence-electron chi connectivity index (χ0n) is 7.34. The van der Waals surface area contributed by atoms with Gasteiger partial charge in [0.15, 0.2) is 0 Å². The summed E-state index contributed by atoms with van der Waals surface area (Å²) >= 11 is 0. The molecule has 66 valence electrons. The molecular formula is C8H12FN3. The topological polar surface area (TPSA) is 21.1 Å². The van der Waals surface area contributed by atoms with Crippen molar-refractivity contribution >= 4 is 0 Å². The highest BCUT2D eigenvalue weighted by Crippen LogP contribution is 2.18. The lowest BCUT2D eigenvalue weighted by atomic mass is 10.2. The van der Waals surface area contributed by atoms with Crippen LogP contribution in [0, 0.1) is 6.92 Å². The van der Waals surface area contributed by atoms with Crippen LogP contribution in [0.4, 0.5) is 4.48 Å². The summed E-state index contributed by atoms with van der Waals surface area (Å²) in [7, 11) is 1.98. The normalized spacial score (nSPS) is 17.9. The quantitative estimate of drug-likeness (QED) is 0.540. The Bertz CT molecular complexity index is 305. The molecule has 0 N–H and O–H groups in total. The van der Waals surface area contributed by atoms with Crippen molar-refractivity contribution in [2.75, 3.05) is 6.54 Å². The molecule has 0 unspecified atom stereocenters. The Morgan fingerprint density at radius 3 is 3.00 bits per heavy atom. The molecule has 0 spiro atoms. The average molecular weight is 169 g/mol. The van der Waals surface area contributed by atoms with E-state index < -0.39 is 0 Å². The first-order valence-electron chi connectivity index (χ1n) is 4.10. The first-order chi connectivity index (χ1) is 5.68. The highest BCUT2D eigenvalue weighted by molar-refractivity contribution is 5.18. The summed E-state index contributed by atoms with van der Waals surface area (Å²) in [6.45, 7) is 2.78. The number of nitrogens with zero attached hydrogens (tertiary/aromatic N) is 3. The van der Waals surface area contributed by atoms with Gasteiger partial charge in [-0.25, -0.2) is 4.98 Å². The maximum Gasteiger partial charge on any atom is 0.105 e. The van der Waals surface area contributed by atoms with Crippen LogP contribution >= 0.6 is 0 Å². The van der Waals surface area contributed by atoms with Gasteiger partial charge in [0, 0.05) is 25.7 Å². The van der Waals surface area contributed by atoms with Gasteiger partial charge in [0.2, 0.25) is 0 Å². The van der Waals surface area contributed by atoms with Gasteiger partial charge in [-0.1, -0.05) is 0 Å². The minimum Gasteiger partial charge on any atom is -0.335 e. The summed E-state index contributed by atoms with van der Waals surface area (Å²) in [6.07, 6.45) is 0.767. The Hall–Kier alpha value is -0.900. The smallest absolute Gasteiger partial charge is 0.105 e. The maximum absolute atomic E-state index is 12.8. The molecule has 0 radical (unpaired) electrons. The molecular weight excluding hydrogens is 157 g/mol. The molecule has 0 saturated heterocycles. The van der Waals surface area contributed by atoms with E-state index in [9.17, 15) is 4.48 Å². The van der Waals surface area contributed by atoms with E-state index in [0.717, 1.165) is 23.1 Å². The van der Waals surface area contributed by atoms with Crippen molar-refractivity contribution in [3.05, 3.63) is 17.2 Å². The minimum atomic E-state index is 0.344. The van der Waals surface area contributed by atoms with Gasteiger partial charge in [-0.05, 0) is 6.92 Å². The van der Waals surface area contributed by atoms with Gasteiger partial charge in [-0.3, -0.25) is 0 Å². The Kier molecular flexibility index (Phi) is 1.65. The molecule has 0 bridgehead atoms. The summed E-state index contributed by atoms with van der Waals surface area (Å²) < 4.78 is 14.8. The van der Waals surface area contributed by atoms with Crippen LogP contribution in [0.3, 0.4) is 0 Å². The molecule has 1 aromatic rings. The van der Waals surface area contributed by atoms with Gasteiger partial charge in [0.1, 0.15) is 5.82 Å². The van der Waals surface area contributed by atoms with Crippen molar-refractivity contribution in [3.8, 4) is 0 Å². The van der Waals surface area contributed by atoms with Crippen molar-refractivity contribution in [1.29, 1.82) is 0 Å². The summed E-state index contributed by atoms with van der Waals surface area (Å²) in [5, 5.41) is 0.814. The zero-order valence-corrected chi connectivity index (χ0v) is 7.34. The van der Waals surface area contributed by atoms with E-state index in [0.29, 0.717) is 13.1 Å². The maximum atomic E-state index is 12.8. The molecule has 12 heavy (non-hydrogen) atoms. The number of aromatic nitrogens is 2. The Labute approximate surface area is 70.7 Å². The average Bonchev–Trinajstić information content (AvgIpc) is 2.28. The molecule has 0 aromatic carbocycles. The number of halogens is 1. The molecule has 1 aromatic heterocycles. The third kappa shape index (κ3) is 1.03. The van der Waals surface area contributed by atoms with Crippen LogP contribution in [-0.4, -0.2) is 21.2 Å². The molecule has 1 aliphatic heterocycles. The zero-order chi connectivity index (χ0) is 8.72. The highest BCUT2D eigenvalue weighted by atomic mass is 19.2. The molecule has 0 fully saturated rings. The summed E-state index contributed by atoms with van der Waals surface area (Å²) in [6, 6.07) is 0. The van der Waals surface area contributed by atoms with Crippen molar-refractivity contribution in [2.24, 2.45) is 7.05 Å². The van der Waals surface area contributed by atoms with Crippen LogP contribution < -0.4 is 0 Å². The van der Waals surface area contributed by atoms with E-state index in [-0.39, 0.29) is 0 Å². The van der Waals surface area contributed by atoms with Gasteiger partial charge in [-0.2, -0.15) is 0 Å². The number of hydrogen-bond acceptors (Lipinski definition) is 2. The Morgan fingerprint density at radius 1 is 1.50 bits per heavy atom. The minimum absolute atomic E-state index is 0.344. The van der Waals surface area contributed by atoms with Crippen LogP contribution in [0.25, 0.3) is 0 Å². The van der Waals surface area contributed by atoms with E-state index in [1.165, 1.54) is 5.69 Å². The van der Waals surface area contributed by atoms with Gasteiger partial charge in [0.05, 0.1) is 12.2 Å². The van der Waals surface area contributed by atoms with Crippen LogP contribution in [0.2, 0.25) is 0 Å². The second kappa shape index (κ2) is 2.55. The Morgan fingerprint density at radius 2 is 2.25 bits per heavy atom. The summed E-state index contributed by atoms with van der Waals surface area (Å²) in [4.78, 5) is 4.28. The van der Waals surface area contributed by atoms with E-state index >= 15 is 0 Å². The van der Waals surface area contributed by atoms with Gasteiger partial charge < -0.3 is 4.57 Å². The largest absolute Gasteiger partial charge is 0.335 e. The van der Waals surface area contributed by atoms with Crippen LogP contribution in [0.5, 0.6) is 0 Å². The lowest BCUT2D eigenvalue weighted by Gasteiger charge is -2.17. The third-order valence-corrected chi connectivity index (χ3v) is 2.43. The fourth-order valence-corrected chi connectivity index (χ4v) is 1.63. The molecule has 2 heterocycles. The van der Waals surface area contributed by atoms with Crippen LogP contribution in [-0.2, 0) is 20.0 Å². The Balaban J connectivity index is 2.43. The van der Waals surface area contributed by atoms with Crippen molar-refractivity contribution in [1.82, 2.24) is 14.7 Å². The van der Waals surface area contributed by atoms with Crippen LogP contribution in [0.15, 0.2) is 0 Å². The van der Waals surface area contributed by atoms with E-state index in [2.05, 4.69) is 4.98 Å². The van der Waals surface area contributed by atoms with Gasteiger partial charge in [0.25, 0.3) is 0 Å². The predicted octanol–water partition coefficient (Wildman–Crippen LogP) is 0.971. The van der Waals surface area contributed by atoms with Crippen molar-refractivity contribution < 1.29 is 4.48 Å². The summed E-state index contributed by atoms with van der Waals surface area (Å²) in [5.41, 5.74) is 2.07. The fraction of sp³-hybridized carbons (Fsp3) is 0.625. The second-order valence-corrected chi connectivity index (χ2v) is 3.21. The first-order valence-corrected chi connectivity index (χ1v) is 4.10. The lowest BCUT2D eigenvalue weighted by Crippen LogP contribution is -2.24. The second-order valence-electron chi connectivity index (χ2n) is 3.21. The molecule has 4 heteroatoms. The highest BCUT2D eigenvalue weighted by Gasteiger charge is 2.20. The standard InChI is InChI=1S/C8H12FN3/c1-6-10-7-5-12(9)4-3-8(7)11(6)2/h3-5H2,1-2H3. The molecule has 0 atom stereocenters. The number of hydrogen-bond donors (Lipinski definition) is 0. The molecule has 2 rings (SSSR count). The molecule has 1 aliphatic rings. The molecule has 3 nitrogen and oxygen atoms in total. The lowest BCUT2D eigenvalue weighted by molar-refractivity contribution is 0.00831. The van der Waals surface area contributed by atoms with E-state index in [4.69, 9.17) is 0 Å². The van der Waals surface area contributed by atoms with E-state index in [1.807, 2.05) is 18.5 Å². The number of rotatable bonds is 0. The first kappa shape index (κ1) is 7.73. The third-order valence-electron chi connectivity index (χ3n) is 2.43. The number of imidazole rings is 1. The summed E-state index contributed by atoms with van der Waals surface area (Å²) in [5.74, 6) is 0.968. The van der Waals surface area contributed by atoms with Crippen LogP contribution in [0.1, 0.15) is 17.2 Å². The number of aryl methyl sites for hydroxylation is 1. The van der Waals surface area contributed by atoms with Crippen molar-refractivity contribution in [3.63, 3.8) is 0 Å². The van der Waals surface area contributed by atoms with Crippen molar-refractivity contribution in [2.45, 2.75) is 19.9 Å². The SMILES string of the molecule is Cc1nc2c(n1C)CCN(F)C2. The predicted molar refractivity (Wildman–Crippen MR) is 43.2 cm³/mol. The van der Waals surface area contributed by atoms with Gasteiger partial charge >= 0.3 is 0 Å². The molecule has 0 amide bonds. The van der Waals surface area contributed by atoms with E-state index in [1.54, 1.807) is 0 Å². The molecule has 0 aliphatic carbocycles. The van der Waals surface area contributed by atoms with Gasteiger partial charge in [-0.15, -0.1) is 9.60 Å². The molecule has 0 saturated carbocycles. The fourth-order valence-electron chi connectivity index (χ4n) is 1.63. The number of fused-ring (bicyclic) bond motifs is 1. The monoisotopic (exact) mass is 169 g/mol.